The molecule has 1 unspecified atom stereocenters. The Balaban J connectivity index is 2.87. The molecule has 0 amide bonds. The summed E-state index contributed by atoms with van der Waals surface area (Å²) in [5, 5.41) is 18.3. The Hall–Kier alpha value is -1.39. The third-order valence-electron chi connectivity index (χ3n) is 2.10. The molecule has 0 saturated carbocycles. The van der Waals surface area contributed by atoms with Crippen LogP contribution in [-0.2, 0) is 4.74 Å². The Morgan fingerprint density at radius 1 is 1.53 bits per heavy atom. The molecule has 1 atom stereocenters. The van der Waals surface area contributed by atoms with Crippen molar-refractivity contribution in [1.29, 1.82) is 0 Å². The summed E-state index contributed by atoms with van der Waals surface area (Å²) in [6, 6.07) is 6.54. The van der Waals surface area contributed by atoms with E-state index >= 15 is 0 Å². The van der Waals surface area contributed by atoms with Crippen LogP contribution in [0.5, 0.6) is 0 Å². The zero-order chi connectivity index (χ0) is 11.3. The van der Waals surface area contributed by atoms with Gasteiger partial charge >= 0.3 is 5.97 Å². The molecule has 1 aromatic carbocycles. The van der Waals surface area contributed by atoms with Crippen molar-refractivity contribution in [3.63, 3.8) is 0 Å². The maximum Gasteiger partial charge on any atom is 0.337 e. The van der Waals surface area contributed by atoms with Gasteiger partial charge < -0.3 is 14.9 Å². The molecule has 1 rings (SSSR count). The summed E-state index contributed by atoms with van der Waals surface area (Å²) in [4.78, 5) is 11.2. The Kier molecular flexibility index (Phi) is 4.27. The highest BCUT2D eigenvalue weighted by atomic mass is 16.5. The number of benzene rings is 1. The highest BCUT2D eigenvalue weighted by molar-refractivity contribution is 5.89. The number of ether oxygens (including phenoxy) is 1. The summed E-state index contributed by atoms with van der Waals surface area (Å²) in [5.74, 6) is -0.437. The summed E-state index contributed by atoms with van der Waals surface area (Å²) in [6.07, 6.45) is -0.496. The number of hydrogen-bond acceptors (Lipinski definition) is 4. The van der Waals surface area contributed by atoms with Crippen LogP contribution in [0.1, 0.15) is 28.4 Å². The van der Waals surface area contributed by atoms with Crippen molar-refractivity contribution in [2.75, 3.05) is 13.7 Å². The van der Waals surface area contributed by atoms with Crippen molar-refractivity contribution in [3.05, 3.63) is 35.4 Å². The topological polar surface area (TPSA) is 66.8 Å². The number of hydrogen-bond donors (Lipinski definition) is 2. The van der Waals surface area contributed by atoms with Gasteiger partial charge in [-0.3, -0.25) is 0 Å². The van der Waals surface area contributed by atoms with Crippen LogP contribution in [-0.4, -0.2) is 29.9 Å². The summed E-state index contributed by atoms with van der Waals surface area (Å²) >= 11 is 0. The lowest BCUT2D eigenvalue weighted by Crippen LogP contribution is -2.05. The maximum atomic E-state index is 11.2. The minimum Gasteiger partial charge on any atom is -0.465 e. The average molecular weight is 210 g/mol. The Bertz CT molecular complexity index is 335. The molecule has 4 heteroatoms. The minimum absolute atomic E-state index is 0.0936. The smallest absolute Gasteiger partial charge is 0.337 e. The lowest BCUT2D eigenvalue weighted by atomic mass is 10.0. The number of aliphatic hydroxyl groups is 2. The van der Waals surface area contributed by atoms with Gasteiger partial charge in [-0.2, -0.15) is 0 Å². The van der Waals surface area contributed by atoms with Gasteiger partial charge in [-0.15, -0.1) is 0 Å². The van der Waals surface area contributed by atoms with E-state index in [0.29, 0.717) is 11.1 Å². The largest absolute Gasteiger partial charge is 0.465 e. The van der Waals surface area contributed by atoms with Gasteiger partial charge in [-0.1, -0.05) is 12.1 Å². The number of esters is 1. The average Bonchev–Trinajstić information content (AvgIpc) is 2.28. The van der Waals surface area contributed by atoms with Crippen molar-refractivity contribution in [2.24, 2.45) is 0 Å². The van der Waals surface area contributed by atoms with E-state index < -0.39 is 12.1 Å². The third kappa shape index (κ3) is 3.04. The molecular formula is C11H14O4. The fourth-order valence-electron chi connectivity index (χ4n) is 1.28. The lowest BCUT2D eigenvalue weighted by molar-refractivity contribution is 0.0600. The standard InChI is InChI=1S/C11H14O4/c1-15-11(14)9-4-2-3-8(7-9)10(13)5-6-12/h2-4,7,10,12-13H,5-6H2,1H3. The van der Waals surface area contributed by atoms with Crippen molar-refractivity contribution < 1.29 is 19.7 Å². The SMILES string of the molecule is COC(=O)c1cccc(C(O)CCO)c1. The van der Waals surface area contributed by atoms with Gasteiger partial charge in [0.25, 0.3) is 0 Å². The Labute approximate surface area is 88.1 Å². The quantitative estimate of drug-likeness (QED) is 0.724. The third-order valence-corrected chi connectivity index (χ3v) is 2.10. The number of aliphatic hydroxyl groups excluding tert-OH is 2. The fourth-order valence-corrected chi connectivity index (χ4v) is 1.28. The van der Waals surface area contributed by atoms with Gasteiger partial charge in [0, 0.05) is 13.0 Å². The molecular weight excluding hydrogens is 196 g/mol. The van der Waals surface area contributed by atoms with Crippen LogP contribution in [0.4, 0.5) is 0 Å². The number of carbonyl (C=O) groups excluding carboxylic acids is 1. The molecule has 0 aliphatic rings. The summed E-state index contributed by atoms with van der Waals surface area (Å²) in [5.41, 5.74) is 0.999. The number of rotatable bonds is 4. The first kappa shape index (κ1) is 11.7. The van der Waals surface area contributed by atoms with Crippen molar-refractivity contribution >= 4 is 5.97 Å². The molecule has 15 heavy (non-hydrogen) atoms. The molecule has 0 aliphatic heterocycles. The van der Waals surface area contributed by atoms with E-state index in [2.05, 4.69) is 4.74 Å². The second kappa shape index (κ2) is 5.48. The zero-order valence-electron chi connectivity index (χ0n) is 8.51. The van der Waals surface area contributed by atoms with Gasteiger partial charge in [0.15, 0.2) is 0 Å². The van der Waals surface area contributed by atoms with Crippen LogP contribution in [0.15, 0.2) is 24.3 Å². The molecule has 0 saturated heterocycles. The van der Waals surface area contributed by atoms with E-state index in [9.17, 15) is 9.90 Å². The van der Waals surface area contributed by atoms with Crippen LogP contribution < -0.4 is 0 Å². The normalized spacial score (nSPS) is 12.2. The highest BCUT2D eigenvalue weighted by Gasteiger charge is 2.10. The van der Waals surface area contributed by atoms with Crippen LogP contribution in [0.25, 0.3) is 0 Å². The monoisotopic (exact) mass is 210 g/mol. The summed E-state index contributed by atoms with van der Waals surface area (Å²) in [6.45, 7) is -0.0936. The summed E-state index contributed by atoms with van der Waals surface area (Å²) in [7, 11) is 1.30. The molecule has 82 valence electrons. The fraction of sp³-hybridized carbons (Fsp3) is 0.364. The number of carbonyl (C=O) groups is 1. The van der Waals surface area contributed by atoms with E-state index in [1.807, 2.05) is 0 Å². The minimum atomic E-state index is -0.750. The lowest BCUT2D eigenvalue weighted by Gasteiger charge is -2.09. The van der Waals surface area contributed by atoms with Gasteiger partial charge in [0.05, 0.1) is 18.8 Å². The van der Waals surface area contributed by atoms with E-state index in [4.69, 9.17) is 5.11 Å². The molecule has 0 radical (unpaired) electrons. The van der Waals surface area contributed by atoms with E-state index in [0.717, 1.165) is 0 Å². The number of methoxy groups -OCH3 is 1. The second-order valence-electron chi connectivity index (χ2n) is 3.15. The molecule has 0 aliphatic carbocycles. The first-order valence-electron chi connectivity index (χ1n) is 4.66. The maximum absolute atomic E-state index is 11.2. The van der Waals surface area contributed by atoms with E-state index in [-0.39, 0.29) is 13.0 Å². The van der Waals surface area contributed by atoms with Crippen LogP contribution in [0.2, 0.25) is 0 Å². The van der Waals surface area contributed by atoms with E-state index in [1.54, 1.807) is 24.3 Å². The first-order valence-corrected chi connectivity index (χ1v) is 4.66. The van der Waals surface area contributed by atoms with Gasteiger partial charge in [0.1, 0.15) is 0 Å². The molecule has 0 spiro atoms. The Morgan fingerprint density at radius 3 is 2.87 bits per heavy atom. The van der Waals surface area contributed by atoms with Crippen LogP contribution >= 0.6 is 0 Å². The first-order chi connectivity index (χ1) is 7.19. The highest BCUT2D eigenvalue weighted by Crippen LogP contribution is 2.17. The van der Waals surface area contributed by atoms with Crippen LogP contribution in [0, 0.1) is 0 Å². The molecule has 1 aromatic rings. The van der Waals surface area contributed by atoms with Crippen LogP contribution in [0.3, 0.4) is 0 Å². The predicted molar refractivity (Wildman–Crippen MR) is 54.4 cm³/mol. The second-order valence-corrected chi connectivity index (χ2v) is 3.15. The van der Waals surface area contributed by atoms with Crippen molar-refractivity contribution in [1.82, 2.24) is 0 Å². The molecule has 4 nitrogen and oxygen atoms in total. The van der Waals surface area contributed by atoms with E-state index in [1.165, 1.54) is 7.11 Å². The molecule has 0 heterocycles. The predicted octanol–water partition coefficient (Wildman–Crippen LogP) is 0.889. The van der Waals surface area contributed by atoms with Gasteiger partial charge in [-0.05, 0) is 17.7 Å². The van der Waals surface area contributed by atoms with Gasteiger partial charge in [0.2, 0.25) is 0 Å². The zero-order valence-corrected chi connectivity index (χ0v) is 8.51. The molecule has 0 bridgehead atoms. The Morgan fingerprint density at radius 2 is 2.27 bits per heavy atom. The summed E-state index contributed by atoms with van der Waals surface area (Å²) < 4.78 is 4.56. The van der Waals surface area contributed by atoms with Crippen molar-refractivity contribution in [3.8, 4) is 0 Å². The molecule has 0 fully saturated rings. The van der Waals surface area contributed by atoms with Gasteiger partial charge in [-0.25, -0.2) is 4.79 Å². The molecule has 2 N–H and O–H groups in total. The van der Waals surface area contributed by atoms with Crippen molar-refractivity contribution in [2.45, 2.75) is 12.5 Å². The molecule has 0 aromatic heterocycles.